The summed E-state index contributed by atoms with van der Waals surface area (Å²) in [7, 11) is 1.72. The number of thiophene rings is 1. The normalized spacial score (nSPS) is 13.5. The summed E-state index contributed by atoms with van der Waals surface area (Å²) in [4.78, 5) is 13.3. The van der Waals surface area contributed by atoms with Crippen LogP contribution in [-0.4, -0.2) is 31.9 Å². The second-order valence-electron chi connectivity index (χ2n) is 4.95. The molecule has 0 spiro atoms. The van der Waals surface area contributed by atoms with Gasteiger partial charge in [-0.1, -0.05) is 11.8 Å². The van der Waals surface area contributed by atoms with Crippen molar-refractivity contribution >= 4 is 34.0 Å². The summed E-state index contributed by atoms with van der Waals surface area (Å²) < 4.78 is 1.52. The first-order valence-electron chi connectivity index (χ1n) is 6.88. The summed E-state index contributed by atoms with van der Waals surface area (Å²) in [6.07, 6.45) is 4.20. The number of nitriles is 1. The van der Waals surface area contributed by atoms with Crippen LogP contribution in [0, 0.1) is 11.3 Å². The average Bonchev–Trinajstić information content (AvgIpc) is 3.07. The highest BCUT2D eigenvalue weighted by atomic mass is 32.2. The van der Waals surface area contributed by atoms with Gasteiger partial charge in [0, 0.05) is 11.9 Å². The molecular weight excluding hydrogens is 320 g/mol. The first kappa shape index (κ1) is 15.0. The quantitative estimate of drug-likeness (QED) is 0.856. The molecule has 22 heavy (non-hydrogen) atoms. The number of carbonyl (C=O) groups excluding carboxylic acids is 1. The Morgan fingerprint density at radius 3 is 3.05 bits per heavy atom. The Morgan fingerprint density at radius 2 is 2.32 bits per heavy atom. The minimum Gasteiger partial charge on any atom is -0.316 e. The molecule has 0 saturated carbocycles. The maximum absolute atomic E-state index is 12.1. The minimum absolute atomic E-state index is 0.150. The Hall–Kier alpha value is -1.92. The van der Waals surface area contributed by atoms with E-state index in [2.05, 4.69) is 26.9 Å². The number of hydrogen-bond acceptors (Lipinski definition) is 7. The van der Waals surface area contributed by atoms with Crippen LogP contribution in [-0.2, 0) is 24.7 Å². The third-order valence-electron chi connectivity index (χ3n) is 3.45. The van der Waals surface area contributed by atoms with E-state index in [1.807, 2.05) is 0 Å². The van der Waals surface area contributed by atoms with Crippen molar-refractivity contribution in [1.82, 2.24) is 20.2 Å². The van der Waals surface area contributed by atoms with E-state index in [9.17, 15) is 10.1 Å². The number of nitrogens with one attached hydrogen (secondary N) is 1. The Balaban J connectivity index is 1.68. The molecule has 0 unspecified atom stereocenters. The monoisotopic (exact) mass is 334 g/mol. The molecule has 1 aliphatic carbocycles. The Morgan fingerprint density at radius 1 is 1.50 bits per heavy atom. The van der Waals surface area contributed by atoms with Crippen molar-refractivity contribution in [2.45, 2.75) is 30.8 Å². The van der Waals surface area contributed by atoms with Crippen LogP contribution in [0.2, 0.25) is 0 Å². The predicted octanol–water partition coefficient (Wildman–Crippen LogP) is 1.75. The number of amides is 1. The van der Waals surface area contributed by atoms with Gasteiger partial charge in [0.1, 0.15) is 11.1 Å². The molecule has 114 valence electrons. The number of nitrogens with zero attached hydrogens (tertiary/aromatic N) is 5. The molecule has 2 aromatic rings. The number of thioether (sulfide) groups is 1. The SMILES string of the molecule is Cn1nnnc1SCC(=O)Nc1sc2c(c1C#N)CCCC2. The van der Waals surface area contributed by atoms with Crippen LogP contribution in [0.5, 0.6) is 0 Å². The molecule has 0 aromatic carbocycles. The Kier molecular flexibility index (Phi) is 4.40. The van der Waals surface area contributed by atoms with E-state index in [-0.39, 0.29) is 11.7 Å². The number of fused-ring (bicyclic) bond motifs is 1. The maximum Gasteiger partial charge on any atom is 0.235 e. The first-order valence-corrected chi connectivity index (χ1v) is 8.69. The summed E-state index contributed by atoms with van der Waals surface area (Å²) in [5.41, 5.74) is 1.76. The van der Waals surface area contributed by atoms with Gasteiger partial charge >= 0.3 is 0 Å². The van der Waals surface area contributed by atoms with E-state index in [0.29, 0.717) is 15.7 Å². The molecule has 1 aliphatic rings. The van der Waals surface area contributed by atoms with Gasteiger partial charge in [0.25, 0.3) is 0 Å². The minimum atomic E-state index is -0.150. The van der Waals surface area contributed by atoms with Gasteiger partial charge in [0.05, 0.1) is 11.3 Å². The topological polar surface area (TPSA) is 96.5 Å². The van der Waals surface area contributed by atoms with Gasteiger partial charge in [-0.05, 0) is 41.7 Å². The number of aryl methyl sites for hydroxylation is 2. The predicted molar refractivity (Wildman–Crippen MR) is 83.8 cm³/mol. The lowest BCUT2D eigenvalue weighted by atomic mass is 9.96. The summed E-state index contributed by atoms with van der Waals surface area (Å²) in [5, 5.41) is 24.5. The number of rotatable bonds is 4. The molecule has 1 N–H and O–H groups in total. The third-order valence-corrected chi connectivity index (χ3v) is 5.67. The summed E-state index contributed by atoms with van der Waals surface area (Å²) in [6, 6.07) is 2.24. The second kappa shape index (κ2) is 6.46. The number of hydrogen-bond donors (Lipinski definition) is 1. The lowest BCUT2D eigenvalue weighted by Gasteiger charge is -2.09. The zero-order chi connectivity index (χ0) is 15.5. The largest absolute Gasteiger partial charge is 0.316 e. The summed E-state index contributed by atoms with van der Waals surface area (Å²) in [6.45, 7) is 0. The van der Waals surface area contributed by atoms with Crippen molar-refractivity contribution in [3.05, 3.63) is 16.0 Å². The van der Waals surface area contributed by atoms with Crippen LogP contribution in [0.4, 0.5) is 5.00 Å². The highest BCUT2D eigenvalue weighted by molar-refractivity contribution is 7.99. The van der Waals surface area contributed by atoms with Crippen LogP contribution < -0.4 is 5.32 Å². The van der Waals surface area contributed by atoms with Gasteiger partial charge < -0.3 is 5.32 Å². The molecule has 2 heterocycles. The van der Waals surface area contributed by atoms with E-state index in [4.69, 9.17) is 0 Å². The van der Waals surface area contributed by atoms with Crippen LogP contribution in [0.15, 0.2) is 5.16 Å². The van der Waals surface area contributed by atoms with E-state index >= 15 is 0 Å². The van der Waals surface area contributed by atoms with E-state index in [0.717, 1.165) is 31.2 Å². The summed E-state index contributed by atoms with van der Waals surface area (Å²) >= 11 is 2.80. The molecule has 0 saturated heterocycles. The fourth-order valence-electron chi connectivity index (χ4n) is 2.41. The van der Waals surface area contributed by atoms with Gasteiger partial charge in [-0.3, -0.25) is 4.79 Å². The van der Waals surface area contributed by atoms with Crippen molar-refractivity contribution < 1.29 is 4.79 Å². The first-order chi connectivity index (χ1) is 10.7. The highest BCUT2D eigenvalue weighted by Gasteiger charge is 2.21. The number of tetrazole rings is 1. The van der Waals surface area contributed by atoms with E-state index in [1.165, 1.54) is 32.7 Å². The standard InChI is InChI=1S/C13H14N6OS2/c1-19-13(16-17-18-19)21-7-11(20)15-12-9(6-14)8-4-2-3-5-10(8)22-12/h2-5,7H2,1H3,(H,15,20). The van der Waals surface area contributed by atoms with Crippen LogP contribution in [0.1, 0.15) is 28.8 Å². The molecule has 0 bridgehead atoms. The Labute approximate surface area is 135 Å². The second-order valence-corrected chi connectivity index (χ2v) is 7.00. The molecule has 3 rings (SSSR count). The smallest absolute Gasteiger partial charge is 0.235 e. The number of carbonyl (C=O) groups is 1. The van der Waals surface area contributed by atoms with E-state index < -0.39 is 0 Å². The fourth-order valence-corrected chi connectivity index (χ4v) is 4.31. The zero-order valence-corrected chi connectivity index (χ0v) is 13.6. The van der Waals surface area contributed by atoms with Gasteiger partial charge in [-0.2, -0.15) is 5.26 Å². The average molecular weight is 334 g/mol. The van der Waals surface area contributed by atoms with Gasteiger partial charge in [-0.15, -0.1) is 16.4 Å². The van der Waals surface area contributed by atoms with Gasteiger partial charge in [0.15, 0.2) is 0 Å². The van der Waals surface area contributed by atoms with Crippen LogP contribution in [0.3, 0.4) is 0 Å². The molecule has 0 atom stereocenters. The van der Waals surface area contributed by atoms with Gasteiger partial charge in [0.2, 0.25) is 11.1 Å². The molecule has 7 nitrogen and oxygen atoms in total. The highest BCUT2D eigenvalue weighted by Crippen LogP contribution is 2.37. The van der Waals surface area contributed by atoms with Crippen molar-refractivity contribution in [3.63, 3.8) is 0 Å². The molecule has 0 aliphatic heterocycles. The molecule has 9 heteroatoms. The van der Waals surface area contributed by atoms with Crippen molar-refractivity contribution in [2.24, 2.45) is 7.05 Å². The third kappa shape index (κ3) is 2.98. The molecule has 1 amide bonds. The lowest BCUT2D eigenvalue weighted by molar-refractivity contribution is -0.113. The maximum atomic E-state index is 12.1. The van der Waals surface area contributed by atoms with Crippen molar-refractivity contribution in [1.29, 1.82) is 5.26 Å². The van der Waals surface area contributed by atoms with Crippen molar-refractivity contribution in [3.8, 4) is 6.07 Å². The number of anilines is 1. The van der Waals surface area contributed by atoms with Gasteiger partial charge in [-0.25, -0.2) is 4.68 Å². The molecular formula is C13H14N6OS2. The fraction of sp³-hybridized carbons (Fsp3) is 0.462. The molecule has 0 fully saturated rings. The lowest BCUT2D eigenvalue weighted by Crippen LogP contribution is -2.14. The van der Waals surface area contributed by atoms with Crippen molar-refractivity contribution in [2.75, 3.05) is 11.1 Å². The molecule has 2 aromatic heterocycles. The summed E-state index contributed by atoms with van der Waals surface area (Å²) in [5.74, 6) is 0.0601. The molecule has 0 radical (unpaired) electrons. The van der Waals surface area contributed by atoms with Crippen LogP contribution >= 0.6 is 23.1 Å². The number of aromatic nitrogens is 4. The van der Waals surface area contributed by atoms with Crippen LogP contribution in [0.25, 0.3) is 0 Å². The zero-order valence-electron chi connectivity index (χ0n) is 12.0. The van der Waals surface area contributed by atoms with E-state index in [1.54, 1.807) is 7.05 Å². The Bertz CT molecular complexity index is 744.